The fourth-order valence-corrected chi connectivity index (χ4v) is 3.75. The summed E-state index contributed by atoms with van der Waals surface area (Å²) in [4.78, 5) is 3.84. The van der Waals surface area contributed by atoms with E-state index in [9.17, 15) is 16.8 Å². The topological polar surface area (TPSA) is 119 Å². The predicted octanol–water partition coefficient (Wildman–Crippen LogP) is 0.639. The number of aromatic nitrogens is 1. The van der Waals surface area contributed by atoms with Gasteiger partial charge >= 0.3 is 0 Å². The summed E-state index contributed by atoms with van der Waals surface area (Å²) in [6.07, 6.45) is 0. The van der Waals surface area contributed by atoms with Crippen molar-refractivity contribution in [2.24, 2.45) is 5.14 Å². The van der Waals surface area contributed by atoms with E-state index in [2.05, 4.69) is 9.71 Å². The van der Waals surface area contributed by atoms with E-state index in [0.29, 0.717) is 11.3 Å². The number of nitrogens with one attached hydrogen (secondary N) is 1. The maximum atomic E-state index is 11.9. The zero-order valence-electron chi connectivity index (χ0n) is 10.4. The summed E-state index contributed by atoms with van der Waals surface area (Å²) in [6.45, 7) is 6.02. The molecule has 1 rings (SSSR count). The van der Waals surface area contributed by atoms with Gasteiger partial charge in [0.15, 0.2) is 9.34 Å². The lowest BCUT2D eigenvalue weighted by Crippen LogP contribution is -2.33. The molecule has 3 N–H and O–H groups in total. The Morgan fingerprint density at radius 1 is 1.22 bits per heavy atom. The monoisotopic (exact) mass is 313 g/mol. The summed E-state index contributed by atoms with van der Waals surface area (Å²) in [5, 5.41) is 4.98. The van der Waals surface area contributed by atoms with E-state index in [4.69, 9.17) is 5.14 Å². The SMILES string of the molecule is Cc1nc(NS(=O)(=O)C(C)(C)C)sc1S(N)(=O)=O. The average molecular weight is 313 g/mol. The Hall–Kier alpha value is -0.710. The molecule has 1 aromatic rings. The van der Waals surface area contributed by atoms with Crippen molar-refractivity contribution in [3.8, 4) is 0 Å². The largest absolute Gasteiger partial charge is 0.258 e. The zero-order chi connectivity index (χ0) is 14.4. The van der Waals surface area contributed by atoms with Gasteiger partial charge < -0.3 is 0 Å². The van der Waals surface area contributed by atoms with Gasteiger partial charge in [0.25, 0.3) is 0 Å². The highest BCUT2D eigenvalue weighted by molar-refractivity contribution is 7.94. The first-order valence-electron chi connectivity index (χ1n) is 4.87. The average Bonchev–Trinajstić information content (AvgIpc) is 2.42. The molecule has 1 aromatic heterocycles. The van der Waals surface area contributed by atoms with E-state index in [0.717, 1.165) is 0 Å². The van der Waals surface area contributed by atoms with Crippen LogP contribution in [-0.2, 0) is 20.0 Å². The number of hydrogen-bond acceptors (Lipinski definition) is 6. The molecular formula is C8H15N3O4S3. The molecule has 1 heterocycles. The van der Waals surface area contributed by atoms with Crippen molar-refractivity contribution in [2.45, 2.75) is 36.7 Å². The van der Waals surface area contributed by atoms with Crippen molar-refractivity contribution < 1.29 is 16.8 Å². The molecule has 10 heteroatoms. The molecule has 0 bridgehead atoms. The molecule has 0 fully saturated rings. The summed E-state index contributed by atoms with van der Waals surface area (Å²) in [5.41, 5.74) is 0.175. The first kappa shape index (κ1) is 15.3. The van der Waals surface area contributed by atoms with E-state index in [1.807, 2.05) is 0 Å². The van der Waals surface area contributed by atoms with Gasteiger partial charge in [-0.2, -0.15) is 0 Å². The van der Waals surface area contributed by atoms with E-state index in [-0.39, 0.29) is 15.0 Å². The van der Waals surface area contributed by atoms with E-state index in [1.54, 1.807) is 0 Å². The predicted molar refractivity (Wildman–Crippen MR) is 70.5 cm³/mol. The van der Waals surface area contributed by atoms with E-state index >= 15 is 0 Å². The molecule has 0 aromatic carbocycles. The van der Waals surface area contributed by atoms with Gasteiger partial charge in [-0.3, -0.25) is 4.72 Å². The van der Waals surface area contributed by atoms with E-state index < -0.39 is 24.8 Å². The minimum absolute atomic E-state index is 0.00792. The van der Waals surface area contributed by atoms with Crippen LogP contribution in [0.25, 0.3) is 0 Å². The number of sulfonamides is 2. The number of aryl methyl sites for hydroxylation is 1. The highest BCUT2D eigenvalue weighted by Gasteiger charge is 2.30. The molecule has 0 saturated carbocycles. The fourth-order valence-electron chi connectivity index (χ4n) is 0.958. The Morgan fingerprint density at radius 2 is 1.72 bits per heavy atom. The normalized spacial score (nSPS) is 13.6. The summed E-state index contributed by atoms with van der Waals surface area (Å²) >= 11 is 0.695. The van der Waals surface area contributed by atoms with Crippen LogP contribution in [-0.4, -0.2) is 26.6 Å². The lowest BCUT2D eigenvalue weighted by atomic mass is 10.3. The van der Waals surface area contributed by atoms with Gasteiger partial charge in [0.2, 0.25) is 20.0 Å². The third-order valence-electron chi connectivity index (χ3n) is 2.04. The summed E-state index contributed by atoms with van der Waals surface area (Å²) in [7, 11) is -7.52. The van der Waals surface area contributed by atoms with Crippen molar-refractivity contribution in [3.63, 3.8) is 0 Å². The quantitative estimate of drug-likeness (QED) is 0.848. The highest BCUT2D eigenvalue weighted by Crippen LogP contribution is 2.28. The molecule has 0 atom stereocenters. The van der Waals surface area contributed by atoms with Crippen molar-refractivity contribution in [1.29, 1.82) is 0 Å². The second-order valence-corrected chi connectivity index (χ2v) is 9.85. The van der Waals surface area contributed by atoms with E-state index in [1.165, 1.54) is 27.7 Å². The summed E-state index contributed by atoms with van der Waals surface area (Å²) in [6, 6.07) is 0. The van der Waals surface area contributed by atoms with Crippen LogP contribution < -0.4 is 9.86 Å². The standard InChI is InChI=1S/C8H15N3O4S3/c1-5-6(17(9,12)13)16-7(10-5)11-18(14,15)8(2,3)4/h1-4H3,(H,10,11)(H2,9,12,13). The molecule has 0 radical (unpaired) electrons. The highest BCUT2D eigenvalue weighted by atomic mass is 32.2. The number of hydrogen-bond donors (Lipinski definition) is 2. The number of nitrogens with zero attached hydrogens (tertiary/aromatic N) is 1. The molecule has 0 spiro atoms. The van der Waals surface area contributed by atoms with Crippen LogP contribution in [0.15, 0.2) is 4.21 Å². The van der Waals surface area contributed by atoms with Crippen LogP contribution in [0.5, 0.6) is 0 Å². The van der Waals surface area contributed by atoms with Crippen LogP contribution in [0.4, 0.5) is 5.13 Å². The number of thiazole rings is 1. The molecule has 0 saturated heterocycles. The molecule has 7 nitrogen and oxygen atoms in total. The number of rotatable bonds is 3. The third-order valence-corrected chi connectivity index (χ3v) is 6.87. The Balaban J connectivity index is 3.18. The Bertz CT molecular complexity index is 652. The van der Waals surface area contributed by atoms with Crippen LogP contribution >= 0.6 is 11.3 Å². The molecule has 0 aliphatic heterocycles. The maximum Gasteiger partial charge on any atom is 0.249 e. The van der Waals surface area contributed by atoms with Crippen molar-refractivity contribution >= 4 is 36.5 Å². The number of nitrogens with two attached hydrogens (primary N) is 1. The lowest BCUT2D eigenvalue weighted by Gasteiger charge is -2.18. The fraction of sp³-hybridized carbons (Fsp3) is 0.625. The van der Waals surface area contributed by atoms with Gasteiger partial charge in [-0.1, -0.05) is 11.3 Å². The zero-order valence-corrected chi connectivity index (χ0v) is 12.8. The molecule has 104 valence electrons. The van der Waals surface area contributed by atoms with Gasteiger partial charge in [0.05, 0.1) is 10.4 Å². The Kier molecular flexibility index (Phi) is 3.79. The van der Waals surface area contributed by atoms with Gasteiger partial charge in [-0.25, -0.2) is 27.0 Å². The lowest BCUT2D eigenvalue weighted by molar-refractivity contribution is 0.566. The minimum atomic E-state index is -3.88. The van der Waals surface area contributed by atoms with Crippen LogP contribution in [0.2, 0.25) is 0 Å². The van der Waals surface area contributed by atoms with Crippen molar-refractivity contribution in [1.82, 2.24) is 4.98 Å². The van der Waals surface area contributed by atoms with Crippen LogP contribution in [0.3, 0.4) is 0 Å². The van der Waals surface area contributed by atoms with Gasteiger partial charge in [-0.05, 0) is 27.7 Å². The van der Waals surface area contributed by atoms with Crippen molar-refractivity contribution in [3.05, 3.63) is 5.69 Å². The van der Waals surface area contributed by atoms with Gasteiger partial charge in [0, 0.05) is 0 Å². The third kappa shape index (κ3) is 3.19. The molecule has 0 unspecified atom stereocenters. The van der Waals surface area contributed by atoms with Gasteiger partial charge in [0.1, 0.15) is 0 Å². The smallest absolute Gasteiger partial charge is 0.249 e. The molecule has 0 aliphatic rings. The second-order valence-electron chi connectivity index (χ2n) is 4.65. The summed E-state index contributed by atoms with van der Waals surface area (Å²) in [5.74, 6) is 0. The first-order chi connectivity index (χ1) is 7.84. The molecule has 0 aliphatic carbocycles. The first-order valence-corrected chi connectivity index (χ1v) is 8.72. The molecular weight excluding hydrogens is 298 g/mol. The van der Waals surface area contributed by atoms with Crippen molar-refractivity contribution in [2.75, 3.05) is 4.72 Å². The molecule has 0 amide bonds. The van der Waals surface area contributed by atoms with Crippen LogP contribution in [0, 0.1) is 6.92 Å². The summed E-state index contributed by atoms with van der Waals surface area (Å²) < 4.78 is 47.2. The number of primary sulfonamides is 1. The van der Waals surface area contributed by atoms with Gasteiger partial charge in [-0.15, -0.1) is 0 Å². The second kappa shape index (κ2) is 4.44. The number of anilines is 1. The minimum Gasteiger partial charge on any atom is -0.258 e. The molecule has 18 heavy (non-hydrogen) atoms. The maximum absolute atomic E-state index is 11.9. The van der Waals surface area contributed by atoms with Crippen LogP contribution in [0.1, 0.15) is 26.5 Å². The Morgan fingerprint density at radius 3 is 2.06 bits per heavy atom. The Labute approximate surface area is 111 Å².